The highest BCUT2D eigenvalue weighted by Crippen LogP contribution is 2.32. The SMILES string of the molecule is Cc1ccccc1S(=O)(=O)N(c1ccc(F)cc1)C1CCN(Cc2ccccc2O)CC1. The van der Waals surface area contributed by atoms with Crippen molar-refractivity contribution in [3.05, 3.63) is 89.7 Å². The molecule has 0 unspecified atom stereocenters. The van der Waals surface area contributed by atoms with E-state index >= 15 is 0 Å². The maximum atomic E-state index is 13.7. The Hall–Kier alpha value is -2.90. The first-order valence-electron chi connectivity index (χ1n) is 10.7. The molecule has 0 aromatic heterocycles. The van der Waals surface area contributed by atoms with Crippen LogP contribution in [0.15, 0.2) is 77.7 Å². The molecule has 0 radical (unpaired) electrons. The summed E-state index contributed by atoms with van der Waals surface area (Å²) in [5, 5.41) is 10.1. The second kappa shape index (κ2) is 9.30. The number of aryl methyl sites for hydroxylation is 1. The Morgan fingerprint density at radius 3 is 2.25 bits per heavy atom. The summed E-state index contributed by atoms with van der Waals surface area (Å²) in [6, 6.07) is 19.6. The van der Waals surface area contributed by atoms with Crippen LogP contribution in [0, 0.1) is 12.7 Å². The van der Waals surface area contributed by atoms with Gasteiger partial charge in [0, 0.05) is 31.2 Å². The highest BCUT2D eigenvalue weighted by molar-refractivity contribution is 7.93. The van der Waals surface area contributed by atoms with Crippen molar-refractivity contribution in [1.82, 2.24) is 4.90 Å². The zero-order chi connectivity index (χ0) is 22.7. The second-order valence-corrected chi connectivity index (χ2v) is 9.96. The van der Waals surface area contributed by atoms with Gasteiger partial charge in [-0.15, -0.1) is 0 Å². The summed E-state index contributed by atoms with van der Waals surface area (Å²) in [7, 11) is -3.83. The number of anilines is 1. The normalized spacial score (nSPS) is 15.6. The van der Waals surface area contributed by atoms with Gasteiger partial charge in [-0.1, -0.05) is 36.4 Å². The average molecular weight is 455 g/mol. The van der Waals surface area contributed by atoms with Crippen LogP contribution in [0.5, 0.6) is 5.75 Å². The Kier molecular flexibility index (Phi) is 6.48. The first-order valence-corrected chi connectivity index (χ1v) is 12.1. The minimum atomic E-state index is -3.83. The fourth-order valence-electron chi connectivity index (χ4n) is 4.28. The number of para-hydroxylation sites is 1. The van der Waals surface area contributed by atoms with Gasteiger partial charge in [-0.3, -0.25) is 9.21 Å². The monoisotopic (exact) mass is 454 g/mol. The molecule has 1 fully saturated rings. The number of phenols is 1. The number of phenolic OH excluding ortho intramolecular Hbond substituents is 1. The van der Waals surface area contributed by atoms with Gasteiger partial charge in [-0.25, -0.2) is 12.8 Å². The van der Waals surface area contributed by atoms with Gasteiger partial charge in [-0.05, 0) is 61.7 Å². The molecule has 1 heterocycles. The van der Waals surface area contributed by atoms with Gasteiger partial charge in [0.15, 0.2) is 0 Å². The number of rotatable bonds is 6. The van der Waals surface area contributed by atoms with Gasteiger partial charge in [0.25, 0.3) is 10.0 Å². The Morgan fingerprint density at radius 1 is 0.969 bits per heavy atom. The summed E-state index contributed by atoms with van der Waals surface area (Å²) in [6.45, 7) is 3.78. The molecule has 1 aliphatic rings. The topological polar surface area (TPSA) is 60.9 Å². The molecule has 32 heavy (non-hydrogen) atoms. The van der Waals surface area contributed by atoms with Crippen molar-refractivity contribution in [3.8, 4) is 5.75 Å². The maximum Gasteiger partial charge on any atom is 0.264 e. The molecule has 0 aliphatic carbocycles. The largest absolute Gasteiger partial charge is 0.508 e. The number of likely N-dealkylation sites (tertiary alicyclic amines) is 1. The molecule has 0 saturated carbocycles. The Balaban J connectivity index is 1.60. The number of sulfonamides is 1. The van der Waals surface area contributed by atoms with Gasteiger partial charge in [-0.2, -0.15) is 0 Å². The smallest absolute Gasteiger partial charge is 0.264 e. The highest BCUT2D eigenvalue weighted by Gasteiger charge is 2.35. The van der Waals surface area contributed by atoms with Crippen molar-refractivity contribution in [2.45, 2.75) is 37.2 Å². The van der Waals surface area contributed by atoms with E-state index in [4.69, 9.17) is 0 Å². The van der Waals surface area contributed by atoms with E-state index in [1.54, 1.807) is 37.3 Å². The fraction of sp³-hybridized carbons (Fsp3) is 0.280. The van der Waals surface area contributed by atoms with Crippen LogP contribution >= 0.6 is 0 Å². The maximum absolute atomic E-state index is 13.7. The third kappa shape index (κ3) is 4.64. The summed E-state index contributed by atoms with van der Waals surface area (Å²) < 4.78 is 42.5. The van der Waals surface area contributed by atoms with Gasteiger partial charge in [0.2, 0.25) is 0 Å². The number of benzene rings is 3. The van der Waals surface area contributed by atoms with E-state index in [0.29, 0.717) is 43.7 Å². The lowest BCUT2D eigenvalue weighted by Gasteiger charge is -2.39. The third-order valence-corrected chi connectivity index (χ3v) is 8.03. The number of aromatic hydroxyl groups is 1. The Labute approximate surface area is 188 Å². The minimum Gasteiger partial charge on any atom is -0.508 e. The van der Waals surface area contributed by atoms with E-state index in [1.807, 2.05) is 18.2 Å². The Bertz CT molecular complexity index is 1170. The fourth-order valence-corrected chi connectivity index (χ4v) is 6.22. The molecule has 3 aromatic rings. The summed E-state index contributed by atoms with van der Waals surface area (Å²) in [4.78, 5) is 2.48. The standard InChI is InChI=1S/C25H27FN2O3S/c1-19-6-2-5-9-25(19)32(30,31)28(22-12-10-21(26)11-13-22)23-14-16-27(17-15-23)18-20-7-3-4-8-24(20)29/h2-13,23,29H,14-18H2,1H3. The molecule has 7 heteroatoms. The van der Waals surface area contributed by atoms with Crippen LogP contribution in [-0.2, 0) is 16.6 Å². The lowest BCUT2D eigenvalue weighted by molar-refractivity contribution is 0.204. The molecular formula is C25H27FN2O3S. The van der Waals surface area contributed by atoms with E-state index in [0.717, 1.165) is 5.56 Å². The van der Waals surface area contributed by atoms with Crippen LogP contribution < -0.4 is 4.31 Å². The van der Waals surface area contributed by atoms with E-state index in [9.17, 15) is 17.9 Å². The average Bonchev–Trinajstić information content (AvgIpc) is 2.78. The lowest BCUT2D eigenvalue weighted by Crippen LogP contribution is -2.47. The third-order valence-electron chi connectivity index (χ3n) is 5.99. The first-order chi connectivity index (χ1) is 15.4. The van der Waals surface area contributed by atoms with Crippen LogP contribution in [-0.4, -0.2) is 37.6 Å². The summed E-state index contributed by atoms with van der Waals surface area (Å²) in [5.74, 6) is -0.135. The molecule has 0 atom stereocenters. The van der Waals surface area contributed by atoms with Crippen molar-refractivity contribution >= 4 is 15.7 Å². The Morgan fingerprint density at radius 2 is 1.59 bits per heavy atom. The van der Waals surface area contributed by atoms with Gasteiger partial charge in [0.05, 0.1) is 10.6 Å². The lowest BCUT2D eigenvalue weighted by atomic mass is 10.0. The highest BCUT2D eigenvalue weighted by atomic mass is 32.2. The number of nitrogens with zero attached hydrogens (tertiary/aromatic N) is 2. The van der Waals surface area contributed by atoms with Crippen LogP contribution in [0.3, 0.4) is 0 Å². The van der Waals surface area contributed by atoms with E-state index in [1.165, 1.54) is 28.6 Å². The van der Waals surface area contributed by atoms with Crippen LogP contribution in [0.1, 0.15) is 24.0 Å². The molecule has 1 N–H and O–H groups in total. The molecule has 0 bridgehead atoms. The van der Waals surface area contributed by atoms with Crippen LogP contribution in [0.2, 0.25) is 0 Å². The number of piperidine rings is 1. The molecule has 0 amide bonds. The molecule has 1 saturated heterocycles. The molecule has 3 aromatic carbocycles. The van der Waals surface area contributed by atoms with Gasteiger partial charge < -0.3 is 5.11 Å². The summed E-state index contributed by atoms with van der Waals surface area (Å²) >= 11 is 0. The quantitative estimate of drug-likeness (QED) is 0.587. The predicted molar refractivity (Wildman–Crippen MR) is 124 cm³/mol. The van der Waals surface area contributed by atoms with E-state index in [-0.39, 0.29) is 16.7 Å². The molecule has 1 aliphatic heterocycles. The second-order valence-electron chi connectivity index (χ2n) is 8.18. The van der Waals surface area contributed by atoms with E-state index in [2.05, 4.69) is 4.90 Å². The van der Waals surface area contributed by atoms with Gasteiger partial charge in [0.1, 0.15) is 11.6 Å². The first kappa shape index (κ1) is 22.3. The summed E-state index contributed by atoms with van der Waals surface area (Å²) in [6.07, 6.45) is 1.27. The summed E-state index contributed by atoms with van der Waals surface area (Å²) in [5.41, 5.74) is 2.00. The number of hydrogen-bond acceptors (Lipinski definition) is 4. The van der Waals surface area contributed by atoms with Crippen molar-refractivity contribution in [2.75, 3.05) is 17.4 Å². The van der Waals surface area contributed by atoms with Crippen molar-refractivity contribution < 1.29 is 17.9 Å². The number of hydrogen-bond donors (Lipinski definition) is 1. The predicted octanol–water partition coefficient (Wildman–Crippen LogP) is 4.70. The van der Waals surface area contributed by atoms with Gasteiger partial charge >= 0.3 is 0 Å². The van der Waals surface area contributed by atoms with Crippen molar-refractivity contribution in [2.24, 2.45) is 0 Å². The zero-order valence-electron chi connectivity index (χ0n) is 18.0. The van der Waals surface area contributed by atoms with Crippen molar-refractivity contribution in [3.63, 3.8) is 0 Å². The van der Waals surface area contributed by atoms with Crippen LogP contribution in [0.4, 0.5) is 10.1 Å². The molecule has 5 nitrogen and oxygen atoms in total. The molecule has 4 rings (SSSR count). The molecule has 0 spiro atoms. The van der Waals surface area contributed by atoms with E-state index < -0.39 is 15.8 Å². The molecular weight excluding hydrogens is 427 g/mol. The number of halogens is 1. The van der Waals surface area contributed by atoms with Crippen LogP contribution in [0.25, 0.3) is 0 Å². The molecule has 168 valence electrons. The zero-order valence-corrected chi connectivity index (χ0v) is 18.8. The minimum absolute atomic E-state index is 0.245. The van der Waals surface area contributed by atoms with Crippen molar-refractivity contribution in [1.29, 1.82) is 0 Å².